The summed E-state index contributed by atoms with van der Waals surface area (Å²) in [5.74, 6) is -1.46. The average molecular weight is 465 g/mol. The van der Waals surface area contributed by atoms with Crippen molar-refractivity contribution < 1.29 is 18.4 Å². The van der Waals surface area contributed by atoms with Gasteiger partial charge < -0.3 is 10.2 Å². The Bertz CT molecular complexity index is 1090. The van der Waals surface area contributed by atoms with Crippen LogP contribution in [-0.2, 0) is 29.0 Å². The van der Waals surface area contributed by atoms with Crippen LogP contribution in [0.4, 0.5) is 8.78 Å². The number of hydrogen-bond acceptors (Lipinski definition) is 2. The molecule has 0 aliphatic rings. The summed E-state index contributed by atoms with van der Waals surface area (Å²) in [5, 5.41) is 2.98. The zero-order chi connectivity index (χ0) is 24.5. The fourth-order valence-electron chi connectivity index (χ4n) is 3.68. The van der Waals surface area contributed by atoms with Crippen LogP contribution in [0.15, 0.2) is 78.9 Å². The van der Waals surface area contributed by atoms with Crippen LogP contribution >= 0.6 is 0 Å². The Hall–Kier alpha value is -3.54. The molecule has 34 heavy (non-hydrogen) atoms. The van der Waals surface area contributed by atoms with E-state index < -0.39 is 17.7 Å². The maximum Gasteiger partial charge on any atom is 0.243 e. The van der Waals surface area contributed by atoms with Gasteiger partial charge >= 0.3 is 0 Å². The highest BCUT2D eigenvalue weighted by Crippen LogP contribution is 2.18. The monoisotopic (exact) mass is 464 g/mol. The van der Waals surface area contributed by atoms with Crippen molar-refractivity contribution in [3.05, 3.63) is 107 Å². The van der Waals surface area contributed by atoms with Crippen LogP contribution < -0.4 is 5.32 Å². The minimum Gasteiger partial charge on any atom is -0.352 e. The highest BCUT2D eigenvalue weighted by atomic mass is 19.1. The van der Waals surface area contributed by atoms with Crippen LogP contribution in [0.3, 0.4) is 0 Å². The first-order valence-electron chi connectivity index (χ1n) is 11.5. The first kappa shape index (κ1) is 25.1. The Balaban J connectivity index is 1.97. The summed E-state index contributed by atoms with van der Waals surface area (Å²) < 4.78 is 27.9. The molecule has 0 saturated carbocycles. The molecule has 0 fully saturated rings. The van der Waals surface area contributed by atoms with E-state index in [2.05, 4.69) is 5.32 Å². The second-order valence-corrected chi connectivity index (χ2v) is 8.44. The van der Waals surface area contributed by atoms with Crippen molar-refractivity contribution in [2.75, 3.05) is 0 Å². The van der Waals surface area contributed by atoms with Crippen molar-refractivity contribution in [1.29, 1.82) is 0 Å². The minimum absolute atomic E-state index is 0.0311. The summed E-state index contributed by atoms with van der Waals surface area (Å²) in [5.41, 5.74) is 1.83. The highest BCUT2D eigenvalue weighted by Gasteiger charge is 2.31. The van der Waals surface area contributed by atoms with Crippen LogP contribution in [0.2, 0.25) is 0 Å². The first-order chi connectivity index (χ1) is 16.4. The standard InChI is InChI=1S/C28H30F2N2O2/c1-3-20(2)31-28(34)26(17-21-9-5-4-6-10-21)32(19-23-11-7-8-12-25(23)30)27(33)18-22-13-15-24(29)16-14-22/h4-16,20,26H,3,17-19H2,1-2H3,(H,31,34)/t20-,26+/m1/s1. The molecule has 0 bridgehead atoms. The fraction of sp³-hybridized carbons (Fsp3) is 0.286. The molecule has 0 heterocycles. The molecule has 0 saturated heterocycles. The van der Waals surface area contributed by atoms with Gasteiger partial charge in [-0.15, -0.1) is 0 Å². The predicted octanol–water partition coefficient (Wildman–Crippen LogP) is 5.06. The molecule has 4 nitrogen and oxygen atoms in total. The summed E-state index contributed by atoms with van der Waals surface area (Å²) in [7, 11) is 0. The Kier molecular flexibility index (Phi) is 8.91. The Morgan fingerprint density at radius 1 is 0.882 bits per heavy atom. The molecular weight excluding hydrogens is 434 g/mol. The summed E-state index contributed by atoms with van der Waals surface area (Å²) in [6, 6.07) is 20.4. The van der Waals surface area contributed by atoms with Crippen molar-refractivity contribution in [1.82, 2.24) is 10.2 Å². The maximum atomic E-state index is 14.6. The van der Waals surface area contributed by atoms with Gasteiger partial charge in [-0.3, -0.25) is 9.59 Å². The Morgan fingerprint density at radius 3 is 2.18 bits per heavy atom. The van der Waals surface area contributed by atoms with E-state index in [9.17, 15) is 18.4 Å². The summed E-state index contributed by atoms with van der Waals surface area (Å²) in [4.78, 5) is 28.4. The van der Waals surface area contributed by atoms with Gasteiger partial charge in [-0.2, -0.15) is 0 Å². The molecule has 0 radical (unpaired) electrons. The van der Waals surface area contributed by atoms with Crippen molar-refractivity contribution in [2.24, 2.45) is 0 Å². The van der Waals surface area contributed by atoms with Crippen molar-refractivity contribution in [3.8, 4) is 0 Å². The van der Waals surface area contributed by atoms with E-state index in [0.29, 0.717) is 11.1 Å². The second-order valence-electron chi connectivity index (χ2n) is 8.44. The largest absolute Gasteiger partial charge is 0.352 e. The predicted molar refractivity (Wildman–Crippen MR) is 129 cm³/mol. The quantitative estimate of drug-likeness (QED) is 0.456. The van der Waals surface area contributed by atoms with E-state index >= 15 is 0 Å². The van der Waals surface area contributed by atoms with E-state index in [-0.39, 0.29) is 37.2 Å². The molecule has 2 atom stereocenters. The summed E-state index contributed by atoms with van der Waals surface area (Å²) in [6.07, 6.45) is 0.990. The lowest BCUT2D eigenvalue weighted by Crippen LogP contribution is -2.52. The van der Waals surface area contributed by atoms with Gasteiger partial charge in [0.2, 0.25) is 11.8 Å². The van der Waals surface area contributed by atoms with E-state index in [1.807, 2.05) is 44.2 Å². The fourth-order valence-corrected chi connectivity index (χ4v) is 3.68. The number of nitrogens with zero attached hydrogens (tertiary/aromatic N) is 1. The summed E-state index contributed by atoms with van der Waals surface area (Å²) >= 11 is 0. The molecule has 1 N–H and O–H groups in total. The summed E-state index contributed by atoms with van der Waals surface area (Å²) in [6.45, 7) is 3.81. The lowest BCUT2D eigenvalue weighted by atomic mass is 10.0. The maximum absolute atomic E-state index is 14.6. The molecule has 0 spiro atoms. The zero-order valence-corrected chi connectivity index (χ0v) is 19.5. The van der Waals surface area contributed by atoms with Crippen molar-refractivity contribution in [3.63, 3.8) is 0 Å². The average Bonchev–Trinajstić information content (AvgIpc) is 2.84. The zero-order valence-electron chi connectivity index (χ0n) is 19.5. The van der Waals surface area contributed by atoms with Gasteiger partial charge in [0.25, 0.3) is 0 Å². The third-order valence-electron chi connectivity index (χ3n) is 5.84. The van der Waals surface area contributed by atoms with Crippen molar-refractivity contribution in [2.45, 2.75) is 51.7 Å². The van der Waals surface area contributed by atoms with Gasteiger partial charge in [0.15, 0.2) is 0 Å². The van der Waals surface area contributed by atoms with Crippen molar-refractivity contribution >= 4 is 11.8 Å². The van der Waals surface area contributed by atoms with E-state index in [1.54, 1.807) is 30.3 Å². The highest BCUT2D eigenvalue weighted by molar-refractivity contribution is 5.89. The van der Waals surface area contributed by atoms with Gasteiger partial charge in [-0.25, -0.2) is 8.78 Å². The molecule has 0 aliphatic heterocycles. The molecular formula is C28H30F2N2O2. The normalized spacial score (nSPS) is 12.6. The third-order valence-corrected chi connectivity index (χ3v) is 5.84. The number of halogens is 2. The molecule has 3 aromatic carbocycles. The first-order valence-corrected chi connectivity index (χ1v) is 11.5. The third kappa shape index (κ3) is 6.98. The number of hydrogen-bond donors (Lipinski definition) is 1. The molecule has 3 aromatic rings. The topological polar surface area (TPSA) is 49.4 Å². The lowest BCUT2D eigenvalue weighted by molar-refractivity contribution is -0.141. The smallest absolute Gasteiger partial charge is 0.243 e. The van der Waals surface area contributed by atoms with Crippen LogP contribution in [0, 0.1) is 11.6 Å². The Morgan fingerprint density at radius 2 is 1.53 bits per heavy atom. The van der Waals surface area contributed by atoms with E-state index in [4.69, 9.17) is 0 Å². The lowest BCUT2D eigenvalue weighted by Gasteiger charge is -2.32. The molecule has 0 aliphatic carbocycles. The molecule has 3 rings (SSSR count). The van der Waals surface area contributed by atoms with E-state index in [1.165, 1.54) is 23.1 Å². The molecule has 178 valence electrons. The molecule has 0 aromatic heterocycles. The van der Waals surface area contributed by atoms with Gasteiger partial charge in [-0.1, -0.05) is 67.6 Å². The van der Waals surface area contributed by atoms with E-state index in [0.717, 1.165) is 12.0 Å². The number of amides is 2. The van der Waals surface area contributed by atoms with Gasteiger partial charge in [0.05, 0.1) is 6.42 Å². The van der Waals surface area contributed by atoms with Crippen LogP contribution in [0.5, 0.6) is 0 Å². The number of carbonyl (C=O) groups excluding carboxylic acids is 2. The number of nitrogens with one attached hydrogen (secondary N) is 1. The van der Waals surface area contributed by atoms with Crippen LogP contribution in [0.25, 0.3) is 0 Å². The van der Waals surface area contributed by atoms with Crippen LogP contribution in [0.1, 0.15) is 37.0 Å². The molecule has 0 unspecified atom stereocenters. The van der Waals surface area contributed by atoms with Gasteiger partial charge in [0, 0.05) is 24.6 Å². The van der Waals surface area contributed by atoms with Gasteiger partial charge in [0.1, 0.15) is 17.7 Å². The number of carbonyl (C=O) groups is 2. The SMILES string of the molecule is CC[C@@H](C)NC(=O)[C@H](Cc1ccccc1)N(Cc1ccccc1F)C(=O)Cc1ccc(F)cc1. The Labute approximate surface area is 199 Å². The number of benzene rings is 3. The van der Waals surface area contributed by atoms with Gasteiger partial charge in [-0.05, 0) is 42.7 Å². The second kappa shape index (κ2) is 12.1. The van der Waals surface area contributed by atoms with Crippen LogP contribution in [-0.4, -0.2) is 28.8 Å². The molecule has 2 amide bonds. The molecule has 6 heteroatoms. The number of rotatable bonds is 10. The minimum atomic E-state index is -0.844.